The summed E-state index contributed by atoms with van der Waals surface area (Å²) in [6, 6.07) is 8.53. The Morgan fingerprint density at radius 3 is 2.65 bits per heavy atom. The summed E-state index contributed by atoms with van der Waals surface area (Å²) in [6.45, 7) is 10.7. The van der Waals surface area contributed by atoms with E-state index in [4.69, 9.17) is 0 Å². The molecule has 1 rings (SSSR count). The van der Waals surface area contributed by atoms with Gasteiger partial charge >= 0.3 is 0 Å². The van der Waals surface area contributed by atoms with Crippen LogP contribution < -0.4 is 16.0 Å². The standard InChI is InChI=1S/C18H30N4O/c1-5-10-20-17(23)13-22-18(19-6-2)21-12-15(4)16-9-7-8-14(3)11-16/h7-9,11,15H,5-6,10,12-13H2,1-4H3,(H,20,23)(H2,19,21,22). The van der Waals surface area contributed by atoms with Crippen molar-refractivity contribution in [2.24, 2.45) is 4.99 Å². The summed E-state index contributed by atoms with van der Waals surface area (Å²) in [7, 11) is 0. The summed E-state index contributed by atoms with van der Waals surface area (Å²) < 4.78 is 0. The summed E-state index contributed by atoms with van der Waals surface area (Å²) in [5.74, 6) is 1.00. The van der Waals surface area contributed by atoms with Crippen LogP contribution in [0.15, 0.2) is 29.3 Å². The van der Waals surface area contributed by atoms with Gasteiger partial charge in [-0.3, -0.25) is 4.79 Å². The number of carbonyl (C=O) groups is 1. The molecule has 23 heavy (non-hydrogen) atoms. The van der Waals surface area contributed by atoms with Gasteiger partial charge in [0.15, 0.2) is 5.96 Å². The Bertz CT molecular complexity index is 513. The smallest absolute Gasteiger partial charge is 0.241 e. The Morgan fingerprint density at radius 2 is 2.00 bits per heavy atom. The van der Waals surface area contributed by atoms with Crippen LogP contribution in [-0.4, -0.2) is 38.0 Å². The highest BCUT2D eigenvalue weighted by molar-refractivity contribution is 5.84. The quantitative estimate of drug-likeness (QED) is 0.508. The topological polar surface area (TPSA) is 65.5 Å². The van der Waals surface area contributed by atoms with Crippen molar-refractivity contribution in [1.82, 2.24) is 16.0 Å². The van der Waals surface area contributed by atoms with Crippen molar-refractivity contribution in [3.8, 4) is 0 Å². The minimum absolute atomic E-state index is 0.0456. The predicted molar refractivity (Wildman–Crippen MR) is 96.9 cm³/mol. The van der Waals surface area contributed by atoms with Gasteiger partial charge in [-0.2, -0.15) is 0 Å². The minimum Gasteiger partial charge on any atom is -0.357 e. The summed E-state index contributed by atoms with van der Waals surface area (Å²) in [6.07, 6.45) is 0.932. The van der Waals surface area contributed by atoms with Crippen LogP contribution in [-0.2, 0) is 4.79 Å². The second-order valence-electron chi connectivity index (χ2n) is 5.74. The highest BCUT2D eigenvalue weighted by Crippen LogP contribution is 2.15. The molecule has 0 radical (unpaired) electrons. The first-order chi connectivity index (χ1) is 11.1. The van der Waals surface area contributed by atoms with Gasteiger partial charge in [0.25, 0.3) is 0 Å². The normalized spacial score (nSPS) is 12.6. The van der Waals surface area contributed by atoms with Gasteiger partial charge in [-0.05, 0) is 31.7 Å². The molecule has 0 aliphatic heterocycles. The van der Waals surface area contributed by atoms with Crippen LogP contribution in [0.1, 0.15) is 44.2 Å². The van der Waals surface area contributed by atoms with E-state index in [1.54, 1.807) is 0 Å². The van der Waals surface area contributed by atoms with E-state index in [9.17, 15) is 4.79 Å². The average molecular weight is 318 g/mol. The molecule has 5 nitrogen and oxygen atoms in total. The van der Waals surface area contributed by atoms with Crippen LogP contribution in [0.5, 0.6) is 0 Å². The second-order valence-corrected chi connectivity index (χ2v) is 5.74. The number of nitrogens with zero attached hydrogens (tertiary/aromatic N) is 1. The van der Waals surface area contributed by atoms with Crippen molar-refractivity contribution in [2.75, 3.05) is 26.2 Å². The first-order valence-corrected chi connectivity index (χ1v) is 8.42. The molecule has 3 N–H and O–H groups in total. The number of benzene rings is 1. The molecule has 5 heteroatoms. The molecular formula is C18H30N4O. The zero-order valence-electron chi connectivity index (χ0n) is 14.8. The SMILES string of the molecule is CCCNC(=O)CN=C(NCC)NCC(C)c1cccc(C)c1. The molecule has 1 unspecified atom stereocenters. The average Bonchev–Trinajstić information content (AvgIpc) is 2.55. The number of guanidine groups is 1. The fraction of sp³-hybridized carbons (Fsp3) is 0.556. The van der Waals surface area contributed by atoms with Crippen molar-refractivity contribution < 1.29 is 4.79 Å². The Labute approximate surface area is 140 Å². The number of aliphatic imine (C=N–C) groups is 1. The van der Waals surface area contributed by atoms with Crippen molar-refractivity contribution in [3.63, 3.8) is 0 Å². The number of carbonyl (C=O) groups excluding carboxylic acids is 1. The molecule has 1 amide bonds. The number of rotatable bonds is 8. The van der Waals surface area contributed by atoms with Gasteiger partial charge in [-0.1, -0.05) is 43.7 Å². The molecule has 1 aromatic rings. The summed E-state index contributed by atoms with van der Waals surface area (Å²) >= 11 is 0. The van der Waals surface area contributed by atoms with E-state index in [2.05, 4.69) is 59.1 Å². The van der Waals surface area contributed by atoms with E-state index >= 15 is 0 Å². The summed E-state index contributed by atoms with van der Waals surface area (Å²) in [5.41, 5.74) is 2.57. The second kappa shape index (κ2) is 10.6. The number of nitrogens with one attached hydrogen (secondary N) is 3. The first-order valence-electron chi connectivity index (χ1n) is 8.42. The Morgan fingerprint density at radius 1 is 1.22 bits per heavy atom. The fourth-order valence-electron chi connectivity index (χ4n) is 2.16. The molecule has 0 bridgehead atoms. The van der Waals surface area contributed by atoms with Crippen molar-refractivity contribution >= 4 is 11.9 Å². The molecule has 0 aliphatic carbocycles. The van der Waals surface area contributed by atoms with Gasteiger partial charge in [-0.25, -0.2) is 4.99 Å². The molecule has 0 aliphatic rings. The number of hydrogen-bond acceptors (Lipinski definition) is 2. The fourth-order valence-corrected chi connectivity index (χ4v) is 2.16. The lowest BCUT2D eigenvalue weighted by Gasteiger charge is -2.16. The molecule has 0 heterocycles. The molecule has 0 fully saturated rings. The van der Waals surface area contributed by atoms with Crippen LogP contribution >= 0.6 is 0 Å². The van der Waals surface area contributed by atoms with E-state index in [1.807, 2.05) is 13.8 Å². The third-order valence-electron chi connectivity index (χ3n) is 3.48. The van der Waals surface area contributed by atoms with Gasteiger partial charge in [0.1, 0.15) is 6.54 Å². The number of aryl methyl sites for hydroxylation is 1. The monoisotopic (exact) mass is 318 g/mol. The highest BCUT2D eigenvalue weighted by Gasteiger charge is 2.07. The van der Waals surface area contributed by atoms with Crippen LogP contribution in [0, 0.1) is 6.92 Å². The minimum atomic E-state index is -0.0456. The maximum Gasteiger partial charge on any atom is 0.241 e. The third kappa shape index (κ3) is 7.68. The molecule has 128 valence electrons. The highest BCUT2D eigenvalue weighted by atomic mass is 16.1. The predicted octanol–water partition coefficient (Wildman–Crippen LogP) is 2.18. The lowest BCUT2D eigenvalue weighted by molar-refractivity contribution is -0.119. The molecule has 1 aromatic carbocycles. The molecule has 0 saturated carbocycles. The number of amides is 1. The van der Waals surface area contributed by atoms with Gasteiger partial charge in [0, 0.05) is 19.6 Å². The van der Waals surface area contributed by atoms with Crippen LogP contribution in [0.3, 0.4) is 0 Å². The van der Waals surface area contributed by atoms with E-state index < -0.39 is 0 Å². The molecule has 0 saturated heterocycles. The zero-order valence-corrected chi connectivity index (χ0v) is 14.8. The number of hydrogen-bond donors (Lipinski definition) is 3. The maximum atomic E-state index is 11.6. The Hall–Kier alpha value is -2.04. The Balaban J connectivity index is 2.53. The van der Waals surface area contributed by atoms with Crippen LogP contribution in [0.4, 0.5) is 0 Å². The Kier molecular flexibility index (Phi) is 8.80. The molecule has 0 aromatic heterocycles. The zero-order chi connectivity index (χ0) is 17.1. The van der Waals surface area contributed by atoms with Gasteiger partial charge in [0.2, 0.25) is 5.91 Å². The first kappa shape index (κ1) is 19.0. The van der Waals surface area contributed by atoms with Crippen LogP contribution in [0.2, 0.25) is 0 Å². The van der Waals surface area contributed by atoms with Gasteiger partial charge in [-0.15, -0.1) is 0 Å². The lowest BCUT2D eigenvalue weighted by Crippen LogP contribution is -2.40. The van der Waals surface area contributed by atoms with Crippen molar-refractivity contribution in [1.29, 1.82) is 0 Å². The maximum absolute atomic E-state index is 11.6. The summed E-state index contributed by atoms with van der Waals surface area (Å²) in [4.78, 5) is 16.0. The van der Waals surface area contributed by atoms with Gasteiger partial charge < -0.3 is 16.0 Å². The largest absolute Gasteiger partial charge is 0.357 e. The van der Waals surface area contributed by atoms with E-state index in [0.717, 1.165) is 19.5 Å². The van der Waals surface area contributed by atoms with Crippen LogP contribution in [0.25, 0.3) is 0 Å². The van der Waals surface area contributed by atoms with Crippen molar-refractivity contribution in [3.05, 3.63) is 35.4 Å². The molecule has 1 atom stereocenters. The third-order valence-corrected chi connectivity index (χ3v) is 3.48. The summed E-state index contributed by atoms with van der Waals surface area (Å²) in [5, 5.41) is 9.31. The van der Waals surface area contributed by atoms with E-state index in [1.165, 1.54) is 11.1 Å². The van der Waals surface area contributed by atoms with E-state index in [0.29, 0.717) is 18.4 Å². The van der Waals surface area contributed by atoms with E-state index in [-0.39, 0.29) is 12.5 Å². The van der Waals surface area contributed by atoms with Crippen molar-refractivity contribution in [2.45, 2.75) is 40.0 Å². The lowest BCUT2D eigenvalue weighted by atomic mass is 9.99. The molecule has 0 spiro atoms. The molecular weight excluding hydrogens is 288 g/mol. The van der Waals surface area contributed by atoms with Gasteiger partial charge in [0.05, 0.1) is 0 Å².